The number of rotatable bonds is 5. The van der Waals surface area contributed by atoms with E-state index in [1.165, 1.54) is 0 Å². The summed E-state index contributed by atoms with van der Waals surface area (Å²) in [6.45, 7) is 9.79. The van der Waals surface area contributed by atoms with Gasteiger partial charge in [0.1, 0.15) is 0 Å². The second kappa shape index (κ2) is 5.31. The van der Waals surface area contributed by atoms with Crippen molar-refractivity contribution in [3.63, 3.8) is 0 Å². The zero-order valence-electron chi connectivity index (χ0n) is 11.4. The molecule has 0 aromatic carbocycles. The van der Waals surface area contributed by atoms with Crippen LogP contribution in [0.2, 0.25) is 0 Å². The minimum Gasteiger partial charge on any atom is -0.305 e. The van der Waals surface area contributed by atoms with Crippen LogP contribution in [-0.2, 0) is 4.79 Å². The van der Waals surface area contributed by atoms with E-state index >= 15 is 0 Å². The van der Waals surface area contributed by atoms with Crippen molar-refractivity contribution < 1.29 is 4.79 Å². The van der Waals surface area contributed by atoms with E-state index in [1.54, 1.807) is 0 Å². The van der Waals surface area contributed by atoms with Crippen molar-refractivity contribution in [2.24, 2.45) is 5.41 Å². The van der Waals surface area contributed by atoms with E-state index in [4.69, 9.17) is 0 Å². The van der Waals surface area contributed by atoms with E-state index in [9.17, 15) is 4.79 Å². The molecule has 0 aliphatic carbocycles. The van der Waals surface area contributed by atoms with Crippen LogP contribution in [0.15, 0.2) is 0 Å². The molecule has 1 saturated heterocycles. The summed E-state index contributed by atoms with van der Waals surface area (Å²) in [5.74, 6) is 0.446. The predicted octanol–water partition coefficient (Wildman–Crippen LogP) is 3.30. The van der Waals surface area contributed by atoms with Gasteiger partial charge in [0.2, 0.25) is 0 Å². The summed E-state index contributed by atoms with van der Waals surface area (Å²) in [4.78, 5) is 12.3. The number of ketones is 1. The average Bonchev–Trinajstić information content (AvgIpc) is 2.63. The normalized spacial score (nSPS) is 26.0. The van der Waals surface area contributed by atoms with Crippen molar-refractivity contribution in [3.05, 3.63) is 0 Å². The minimum absolute atomic E-state index is 0.167. The van der Waals surface area contributed by atoms with Crippen molar-refractivity contribution >= 4 is 5.78 Å². The third-order valence-corrected chi connectivity index (χ3v) is 3.56. The van der Waals surface area contributed by atoms with Crippen molar-refractivity contribution in [2.75, 3.05) is 6.54 Å². The van der Waals surface area contributed by atoms with Crippen LogP contribution in [0.4, 0.5) is 0 Å². The number of carbonyl (C=O) groups is 1. The van der Waals surface area contributed by atoms with Gasteiger partial charge < -0.3 is 5.32 Å². The molecule has 1 N–H and O–H groups in total. The van der Waals surface area contributed by atoms with Gasteiger partial charge in [-0.3, -0.25) is 4.79 Å². The van der Waals surface area contributed by atoms with Crippen LogP contribution in [-0.4, -0.2) is 17.9 Å². The number of Topliss-reactive ketones (excluding diaryl/α,β-unsaturated/α-hetero) is 1. The van der Waals surface area contributed by atoms with Crippen molar-refractivity contribution in [3.8, 4) is 0 Å². The van der Waals surface area contributed by atoms with Gasteiger partial charge in [-0.25, -0.2) is 0 Å². The van der Waals surface area contributed by atoms with E-state index in [0.717, 1.165) is 45.1 Å². The summed E-state index contributed by atoms with van der Waals surface area (Å²) in [6.07, 6.45) is 6.03. The molecule has 1 aliphatic rings. The van der Waals surface area contributed by atoms with Gasteiger partial charge in [0.15, 0.2) is 5.78 Å². The Balaban J connectivity index is 2.55. The topological polar surface area (TPSA) is 29.1 Å². The molecular weight excluding hydrogens is 198 g/mol. The Labute approximate surface area is 100 Å². The molecule has 16 heavy (non-hydrogen) atoms. The lowest BCUT2D eigenvalue weighted by molar-refractivity contribution is -0.125. The molecule has 0 bridgehead atoms. The molecule has 0 aromatic heterocycles. The van der Waals surface area contributed by atoms with Crippen molar-refractivity contribution in [1.29, 1.82) is 0 Å². The zero-order valence-corrected chi connectivity index (χ0v) is 11.4. The lowest BCUT2D eigenvalue weighted by Crippen LogP contribution is -2.47. The minimum atomic E-state index is -0.167. The average molecular weight is 225 g/mol. The highest BCUT2D eigenvalue weighted by Crippen LogP contribution is 2.30. The van der Waals surface area contributed by atoms with Gasteiger partial charge >= 0.3 is 0 Å². The van der Waals surface area contributed by atoms with Crippen LogP contribution in [0.25, 0.3) is 0 Å². The van der Waals surface area contributed by atoms with Gasteiger partial charge in [-0.15, -0.1) is 0 Å². The fraction of sp³-hybridized carbons (Fsp3) is 0.929. The van der Waals surface area contributed by atoms with Crippen LogP contribution in [0.5, 0.6) is 0 Å². The summed E-state index contributed by atoms with van der Waals surface area (Å²) in [7, 11) is 0. The molecule has 1 unspecified atom stereocenters. The molecule has 1 aliphatic heterocycles. The van der Waals surface area contributed by atoms with Gasteiger partial charge in [0.05, 0.1) is 5.54 Å². The Morgan fingerprint density at radius 3 is 2.50 bits per heavy atom. The van der Waals surface area contributed by atoms with E-state index in [1.807, 2.05) is 0 Å². The summed E-state index contributed by atoms with van der Waals surface area (Å²) >= 11 is 0. The maximum absolute atomic E-state index is 12.3. The summed E-state index contributed by atoms with van der Waals surface area (Å²) in [6, 6.07) is 0. The first-order chi connectivity index (χ1) is 7.40. The first-order valence-corrected chi connectivity index (χ1v) is 6.68. The molecule has 0 spiro atoms. The Kier molecular flexibility index (Phi) is 4.54. The molecular formula is C14H27NO. The summed E-state index contributed by atoms with van der Waals surface area (Å²) in [5, 5.41) is 3.46. The standard InChI is InChI=1S/C14H27NO/c1-5-8-14(9-6-11-15-14)12(16)7-10-13(2,3)4/h15H,5-11H2,1-4H3. The summed E-state index contributed by atoms with van der Waals surface area (Å²) in [5.41, 5.74) is 0.0989. The van der Waals surface area contributed by atoms with E-state index in [0.29, 0.717) is 5.78 Å². The van der Waals surface area contributed by atoms with Gasteiger partial charge in [0.25, 0.3) is 0 Å². The maximum atomic E-state index is 12.3. The number of hydrogen-bond donors (Lipinski definition) is 1. The molecule has 1 fully saturated rings. The van der Waals surface area contributed by atoms with Gasteiger partial charge in [0, 0.05) is 6.42 Å². The van der Waals surface area contributed by atoms with Crippen LogP contribution in [0.3, 0.4) is 0 Å². The number of nitrogens with one attached hydrogen (secondary N) is 1. The molecule has 0 saturated carbocycles. The van der Waals surface area contributed by atoms with Crippen molar-refractivity contribution in [1.82, 2.24) is 5.32 Å². The van der Waals surface area contributed by atoms with Crippen LogP contribution < -0.4 is 5.32 Å². The van der Waals surface area contributed by atoms with Gasteiger partial charge in [-0.1, -0.05) is 34.1 Å². The first kappa shape index (κ1) is 13.7. The molecule has 94 valence electrons. The Hall–Kier alpha value is -0.370. The third-order valence-electron chi connectivity index (χ3n) is 3.56. The zero-order chi connectivity index (χ0) is 12.2. The largest absolute Gasteiger partial charge is 0.305 e. The lowest BCUT2D eigenvalue weighted by Gasteiger charge is -2.29. The first-order valence-electron chi connectivity index (χ1n) is 6.68. The van der Waals surface area contributed by atoms with Crippen LogP contribution in [0.1, 0.15) is 66.2 Å². The SMILES string of the molecule is CCCC1(C(=O)CCC(C)(C)C)CCCN1. The highest BCUT2D eigenvalue weighted by molar-refractivity contribution is 5.88. The molecule has 0 amide bonds. The molecule has 1 rings (SSSR count). The fourth-order valence-corrected chi connectivity index (χ4v) is 2.55. The van der Waals surface area contributed by atoms with E-state index in [2.05, 4.69) is 33.0 Å². The predicted molar refractivity (Wildman–Crippen MR) is 68.6 cm³/mol. The van der Waals surface area contributed by atoms with Crippen molar-refractivity contribution in [2.45, 2.75) is 71.8 Å². The fourth-order valence-electron chi connectivity index (χ4n) is 2.55. The molecule has 0 radical (unpaired) electrons. The quantitative estimate of drug-likeness (QED) is 0.778. The monoisotopic (exact) mass is 225 g/mol. The second-order valence-corrected chi connectivity index (χ2v) is 6.35. The molecule has 0 aromatic rings. The van der Waals surface area contributed by atoms with E-state index in [-0.39, 0.29) is 11.0 Å². The highest BCUT2D eigenvalue weighted by atomic mass is 16.1. The molecule has 2 heteroatoms. The highest BCUT2D eigenvalue weighted by Gasteiger charge is 2.39. The van der Waals surface area contributed by atoms with Crippen LogP contribution >= 0.6 is 0 Å². The van der Waals surface area contributed by atoms with E-state index < -0.39 is 0 Å². The van der Waals surface area contributed by atoms with Gasteiger partial charge in [-0.05, 0) is 37.6 Å². The maximum Gasteiger partial charge on any atom is 0.152 e. The smallest absolute Gasteiger partial charge is 0.152 e. The molecule has 2 nitrogen and oxygen atoms in total. The Morgan fingerprint density at radius 2 is 2.06 bits per heavy atom. The Morgan fingerprint density at radius 1 is 1.38 bits per heavy atom. The number of hydrogen-bond acceptors (Lipinski definition) is 2. The second-order valence-electron chi connectivity index (χ2n) is 6.35. The van der Waals surface area contributed by atoms with Crippen LogP contribution in [0, 0.1) is 5.41 Å². The summed E-state index contributed by atoms with van der Waals surface area (Å²) < 4.78 is 0. The number of carbonyl (C=O) groups excluding carboxylic acids is 1. The third kappa shape index (κ3) is 3.58. The Bertz CT molecular complexity index is 234. The molecule has 1 atom stereocenters. The lowest BCUT2D eigenvalue weighted by atomic mass is 9.81. The molecule has 1 heterocycles. The van der Waals surface area contributed by atoms with Gasteiger partial charge in [-0.2, -0.15) is 0 Å².